The van der Waals surface area contributed by atoms with Crippen LogP contribution in [-0.2, 0) is 0 Å². The molecule has 0 bridgehead atoms. The van der Waals surface area contributed by atoms with Gasteiger partial charge >= 0.3 is 0 Å². The van der Waals surface area contributed by atoms with Crippen LogP contribution in [0.15, 0.2) is 18.3 Å². The molecule has 0 aliphatic carbocycles. The topological polar surface area (TPSA) is 42.1 Å². The van der Waals surface area contributed by atoms with Gasteiger partial charge in [0.1, 0.15) is 5.82 Å². The molecule has 1 aromatic rings. The van der Waals surface area contributed by atoms with Crippen molar-refractivity contribution in [3.8, 4) is 0 Å². The lowest BCUT2D eigenvalue weighted by Gasteiger charge is -2.23. The van der Waals surface area contributed by atoms with Gasteiger partial charge in [0.05, 0.1) is 0 Å². The van der Waals surface area contributed by atoms with E-state index in [0.29, 0.717) is 4.75 Å². The van der Waals surface area contributed by atoms with Crippen molar-refractivity contribution in [2.24, 2.45) is 5.73 Å². The summed E-state index contributed by atoms with van der Waals surface area (Å²) < 4.78 is 0.389. The quantitative estimate of drug-likeness (QED) is 0.893. The predicted octanol–water partition coefficient (Wildman–Crippen LogP) is 2.82. The van der Waals surface area contributed by atoms with Crippen LogP contribution >= 0.6 is 11.8 Å². The van der Waals surface area contributed by atoms with Crippen molar-refractivity contribution in [1.82, 2.24) is 4.98 Å². The van der Waals surface area contributed by atoms with Gasteiger partial charge in [-0.1, -0.05) is 19.9 Å². The summed E-state index contributed by atoms with van der Waals surface area (Å²) in [6.45, 7) is 8.81. The molecule has 1 aliphatic rings. The molecule has 1 atom stereocenters. The molecule has 1 aliphatic heterocycles. The zero-order valence-electron chi connectivity index (χ0n) is 11.5. The average molecular weight is 265 g/mol. The minimum Gasteiger partial charge on any atom is -0.356 e. The first-order valence-electron chi connectivity index (χ1n) is 6.58. The Kier molecular flexibility index (Phi) is 4.17. The second-order valence-corrected chi connectivity index (χ2v) is 7.39. The summed E-state index contributed by atoms with van der Waals surface area (Å²) in [4.78, 5) is 6.93. The minimum absolute atomic E-state index is 0.0603. The number of pyridine rings is 1. The number of thioether (sulfide) groups is 1. The van der Waals surface area contributed by atoms with Crippen LogP contribution in [0.1, 0.15) is 38.8 Å². The Morgan fingerprint density at radius 3 is 2.78 bits per heavy atom. The van der Waals surface area contributed by atoms with Gasteiger partial charge in [0, 0.05) is 35.8 Å². The van der Waals surface area contributed by atoms with Crippen LogP contribution in [0.4, 0.5) is 5.82 Å². The van der Waals surface area contributed by atoms with Crippen LogP contribution < -0.4 is 10.6 Å². The molecule has 100 valence electrons. The lowest BCUT2D eigenvalue weighted by molar-refractivity contribution is 0.635. The van der Waals surface area contributed by atoms with E-state index in [2.05, 4.69) is 47.6 Å². The summed E-state index contributed by atoms with van der Waals surface area (Å²) in [5, 5.41) is 0. The highest BCUT2D eigenvalue weighted by molar-refractivity contribution is 8.00. The summed E-state index contributed by atoms with van der Waals surface area (Å²) in [6.07, 6.45) is 3.11. The molecule has 2 heterocycles. The molecule has 4 heteroatoms. The van der Waals surface area contributed by atoms with Crippen molar-refractivity contribution in [1.29, 1.82) is 0 Å². The molecule has 0 amide bonds. The molecule has 1 saturated heterocycles. The SMILES string of the molecule is CC(N)c1ccc(N2CCSC(C)(C)CC2)nc1. The third kappa shape index (κ3) is 3.39. The highest BCUT2D eigenvalue weighted by Gasteiger charge is 2.24. The fourth-order valence-electron chi connectivity index (χ4n) is 2.10. The molecule has 2 N–H and O–H groups in total. The molecule has 3 nitrogen and oxygen atoms in total. The molecule has 0 aromatic carbocycles. The van der Waals surface area contributed by atoms with Gasteiger partial charge < -0.3 is 10.6 Å². The zero-order valence-corrected chi connectivity index (χ0v) is 12.3. The fraction of sp³-hybridized carbons (Fsp3) is 0.643. The van der Waals surface area contributed by atoms with Crippen molar-refractivity contribution in [2.45, 2.75) is 38.0 Å². The van der Waals surface area contributed by atoms with Crippen LogP contribution in [0.5, 0.6) is 0 Å². The molecule has 0 radical (unpaired) electrons. The summed E-state index contributed by atoms with van der Waals surface area (Å²) in [5.41, 5.74) is 6.95. The minimum atomic E-state index is 0.0603. The van der Waals surface area contributed by atoms with E-state index in [9.17, 15) is 0 Å². The van der Waals surface area contributed by atoms with E-state index < -0.39 is 0 Å². The number of anilines is 1. The van der Waals surface area contributed by atoms with Crippen LogP contribution in [0.3, 0.4) is 0 Å². The highest BCUT2D eigenvalue weighted by Crippen LogP contribution is 2.31. The molecular formula is C14H23N3S. The Labute approximate surface area is 114 Å². The summed E-state index contributed by atoms with van der Waals surface area (Å²) in [5.74, 6) is 2.25. The fourth-order valence-corrected chi connectivity index (χ4v) is 3.20. The first-order valence-corrected chi connectivity index (χ1v) is 7.57. The largest absolute Gasteiger partial charge is 0.356 e. The summed E-state index contributed by atoms with van der Waals surface area (Å²) in [6, 6.07) is 4.25. The van der Waals surface area contributed by atoms with E-state index in [0.717, 1.165) is 24.5 Å². The van der Waals surface area contributed by atoms with Crippen LogP contribution in [0.2, 0.25) is 0 Å². The second-order valence-electron chi connectivity index (χ2n) is 5.58. The van der Waals surface area contributed by atoms with E-state index in [-0.39, 0.29) is 6.04 Å². The van der Waals surface area contributed by atoms with Gasteiger partial charge in [-0.05, 0) is 25.0 Å². The average Bonchev–Trinajstić information content (AvgIpc) is 2.50. The molecule has 18 heavy (non-hydrogen) atoms. The maximum absolute atomic E-state index is 5.85. The van der Waals surface area contributed by atoms with Gasteiger partial charge in [-0.2, -0.15) is 11.8 Å². The first-order chi connectivity index (χ1) is 8.48. The number of nitrogens with two attached hydrogens (primary N) is 1. The second kappa shape index (κ2) is 5.49. The van der Waals surface area contributed by atoms with E-state index in [1.165, 1.54) is 12.2 Å². The first kappa shape index (κ1) is 13.7. The van der Waals surface area contributed by atoms with Gasteiger partial charge in [0.25, 0.3) is 0 Å². The lowest BCUT2D eigenvalue weighted by atomic mass is 10.1. The van der Waals surface area contributed by atoms with Gasteiger partial charge in [-0.25, -0.2) is 4.98 Å². The normalized spacial score (nSPS) is 21.4. The number of rotatable bonds is 2. The van der Waals surface area contributed by atoms with E-state index in [4.69, 9.17) is 5.73 Å². The highest BCUT2D eigenvalue weighted by atomic mass is 32.2. The van der Waals surface area contributed by atoms with E-state index in [1.807, 2.05) is 13.1 Å². The predicted molar refractivity (Wildman–Crippen MR) is 80.2 cm³/mol. The Bertz CT molecular complexity index is 387. The van der Waals surface area contributed by atoms with Gasteiger partial charge in [-0.3, -0.25) is 0 Å². The van der Waals surface area contributed by atoms with Gasteiger partial charge in [-0.15, -0.1) is 0 Å². The maximum Gasteiger partial charge on any atom is 0.128 e. The molecule has 2 rings (SSSR count). The molecule has 1 unspecified atom stereocenters. The van der Waals surface area contributed by atoms with Crippen LogP contribution in [0, 0.1) is 0 Å². The molecule has 0 saturated carbocycles. The van der Waals surface area contributed by atoms with Crippen LogP contribution in [0.25, 0.3) is 0 Å². The Morgan fingerprint density at radius 2 is 2.17 bits per heavy atom. The Morgan fingerprint density at radius 1 is 1.39 bits per heavy atom. The van der Waals surface area contributed by atoms with Crippen molar-refractivity contribution in [3.05, 3.63) is 23.9 Å². The van der Waals surface area contributed by atoms with Gasteiger partial charge in [0.15, 0.2) is 0 Å². The van der Waals surface area contributed by atoms with E-state index >= 15 is 0 Å². The zero-order chi connectivity index (χ0) is 13.2. The Balaban J connectivity index is 2.07. The summed E-state index contributed by atoms with van der Waals surface area (Å²) >= 11 is 2.06. The number of aromatic nitrogens is 1. The lowest BCUT2D eigenvalue weighted by Crippen LogP contribution is -2.27. The molecule has 0 spiro atoms. The molecule has 1 aromatic heterocycles. The molecule has 1 fully saturated rings. The smallest absolute Gasteiger partial charge is 0.128 e. The number of nitrogens with zero attached hydrogens (tertiary/aromatic N) is 2. The van der Waals surface area contributed by atoms with Crippen molar-refractivity contribution in [3.63, 3.8) is 0 Å². The number of hydrogen-bond donors (Lipinski definition) is 1. The monoisotopic (exact) mass is 265 g/mol. The summed E-state index contributed by atoms with van der Waals surface area (Å²) in [7, 11) is 0. The van der Waals surface area contributed by atoms with Crippen molar-refractivity contribution < 1.29 is 0 Å². The number of hydrogen-bond acceptors (Lipinski definition) is 4. The van der Waals surface area contributed by atoms with Crippen molar-refractivity contribution in [2.75, 3.05) is 23.7 Å². The van der Waals surface area contributed by atoms with Crippen molar-refractivity contribution >= 4 is 17.6 Å². The standard InChI is InChI=1S/C14H23N3S/c1-11(15)12-4-5-13(16-10-12)17-7-6-14(2,3)18-9-8-17/h4-5,10-11H,6-9,15H2,1-3H3. The van der Waals surface area contributed by atoms with Crippen LogP contribution in [-0.4, -0.2) is 28.6 Å². The third-order valence-corrected chi connectivity index (χ3v) is 4.83. The molecular weight excluding hydrogens is 242 g/mol. The Hall–Kier alpha value is -0.740. The van der Waals surface area contributed by atoms with E-state index in [1.54, 1.807) is 0 Å². The van der Waals surface area contributed by atoms with Gasteiger partial charge in [0.2, 0.25) is 0 Å². The third-order valence-electron chi connectivity index (χ3n) is 3.46. The maximum atomic E-state index is 5.85.